The molecule has 1 fully saturated rings. The van der Waals surface area contributed by atoms with Gasteiger partial charge < -0.3 is 16.0 Å². The molecule has 5 heteroatoms. The summed E-state index contributed by atoms with van der Waals surface area (Å²) in [7, 11) is 0. The van der Waals surface area contributed by atoms with Crippen LogP contribution in [-0.2, 0) is 9.59 Å². The summed E-state index contributed by atoms with van der Waals surface area (Å²) in [5.41, 5.74) is 5.64. The van der Waals surface area contributed by atoms with Crippen LogP contribution in [-0.4, -0.2) is 42.4 Å². The van der Waals surface area contributed by atoms with Crippen molar-refractivity contribution in [1.29, 1.82) is 0 Å². The summed E-state index contributed by atoms with van der Waals surface area (Å²) in [6, 6.07) is -0.418. The fraction of sp³-hybridized carbons (Fsp3) is 0.867. The van der Waals surface area contributed by atoms with Crippen LogP contribution in [0.5, 0.6) is 0 Å². The first-order valence-corrected chi connectivity index (χ1v) is 7.64. The van der Waals surface area contributed by atoms with Crippen molar-refractivity contribution in [3.63, 3.8) is 0 Å². The third-order valence-corrected chi connectivity index (χ3v) is 4.02. The molecule has 0 bridgehead atoms. The van der Waals surface area contributed by atoms with Crippen molar-refractivity contribution < 1.29 is 9.59 Å². The first-order valence-electron chi connectivity index (χ1n) is 7.64. The van der Waals surface area contributed by atoms with E-state index in [0.29, 0.717) is 13.0 Å². The molecule has 1 saturated heterocycles. The molecule has 1 aliphatic rings. The molecule has 3 N–H and O–H groups in total. The zero-order valence-corrected chi connectivity index (χ0v) is 13.1. The monoisotopic (exact) mass is 283 g/mol. The molecule has 0 aromatic heterocycles. The van der Waals surface area contributed by atoms with Crippen LogP contribution in [0, 0.1) is 5.41 Å². The number of rotatable bonds is 7. The van der Waals surface area contributed by atoms with Crippen LogP contribution in [0.15, 0.2) is 0 Å². The maximum Gasteiger partial charge on any atom is 0.244 e. The van der Waals surface area contributed by atoms with Gasteiger partial charge in [0.05, 0.1) is 0 Å². The van der Waals surface area contributed by atoms with Gasteiger partial charge in [-0.3, -0.25) is 9.59 Å². The second-order valence-corrected chi connectivity index (χ2v) is 6.52. The van der Waals surface area contributed by atoms with E-state index in [4.69, 9.17) is 5.73 Å². The SMILES string of the molecule is CC(NC(=O)CCC(C)(C)CCN)C(=O)N1CCCC1. The summed E-state index contributed by atoms with van der Waals surface area (Å²) in [5, 5.41) is 2.81. The quantitative estimate of drug-likeness (QED) is 0.739. The van der Waals surface area contributed by atoms with Gasteiger partial charge in [-0.05, 0) is 44.6 Å². The Morgan fingerprint density at radius 3 is 2.40 bits per heavy atom. The Labute approximate surface area is 122 Å². The second-order valence-electron chi connectivity index (χ2n) is 6.52. The largest absolute Gasteiger partial charge is 0.345 e. The first kappa shape index (κ1) is 17.0. The van der Waals surface area contributed by atoms with Gasteiger partial charge in [0.1, 0.15) is 6.04 Å². The van der Waals surface area contributed by atoms with Gasteiger partial charge in [-0.15, -0.1) is 0 Å². The van der Waals surface area contributed by atoms with Crippen LogP contribution in [0.3, 0.4) is 0 Å². The first-order chi connectivity index (χ1) is 9.35. The number of carbonyl (C=O) groups is 2. The van der Waals surface area contributed by atoms with Gasteiger partial charge in [0.15, 0.2) is 0 Å². The minimum Gasteiger partial charge on any atom is -0.345 e. The lowest BCUT2D eigenvalue weighted by Crippen LogP contribution is -2.46. The molecule has 0 spiro atoms. The van der Waals surface area contributed by atoms with Gasteiger partial charge >= 0.3 is 0 Å². The van der Waals surface area contributed by atoms with Crippen molar-refractivity contribution >= 4 is 11.8 Å². The Kier molecular flexibility index (Phi) is 6.46. The van der Waals surface area contributed by atoms with Crippen molar-refractivity contribution in [2.75, 3.05) is 19.6 Å². The highest BCUT2D eigenvalue weighted by molar-refractivity contribution is 5.87. The Balaban J connectivity index is 2.32. The summed E-state index contributed by atoms with van der Waals surface area (Å²) in [5.74, 6) is -0.00721. The van der Waals surface area contributed by atoms with E-state index in [-0.39, 0.29) is 17.2 Å². The fourth-order valence-corrected chi connectivity index (χ4v) is 2.55. The minimum atomic E-state index is -0.418. The second kappa shape index (κ2) is 7.62. The van der Waals surface area contributed by atoms with Crippen LogP contribution < -0.4 is 11.1 Å². The third-order valence-electron chi connectivity index (χ3n) is 4.02. The summed E-state index contributed by atoms with van der Waals surface area (Å²) < 4.78 is 0. The van der Waals surface area contributed by atoms with Gasteiger partial charge in [-0.1, -0.05) is 13.8 Å². The lowest BCUT2D eigenvalue weighted by molar-refractivity contribution is -0.135. The van der Waals surface area contributed by atoms with Crippen molar-refractivity contribution in [3.05, 3.63) is 0 Å². The highest BCUT2D eigenvalue weighted by atomic mass is 16.2. The van der Waals surface area contributed by atoms with Crippen LogP contribution >= 0.6 is 0 Å². The standard InChI is InChI=1S/C15H29N3O2/c1-12(14(20)18-10-4-5-11-18)17-13(19)6-7-15(2,3)8-9-16/h12H,4-11,16H2,1-3H3,(H,17,19). The zero-order valence-electron chi connectivity index (χ0n) is 13.1. The Morgan fingerprint density at radius 2 is 1.85 bits per heavy atom. The molecule has 0 radical (unpaired) electrons. The van der Waals surface area contributed by atoms with E-state index in [0.717, 1.165) is 38.8 Å². The predicted molar refractivity (Wildman–Crippen MR) is 80.1 cm³/mol. The molecule has 0 aromatic carbocycles. The van der Waals surface area contributed by atoms with E-state index >= 15 is 0 Å². The van der Waals surface area contributed by atoms with Crippen LogP contribution in [0.1, 0.15) is 52.9 Å². The number of likely N-dealkylation sites (tertiary alicyclic amines) is 1. The molecule has 1 atom stereocenters. The molecule has 0 aromatic rings. The van der Waals surface area contributed by atoms with Gasteiger partial charge in [0, 0.05) is 19.5 Å². The normalized spacial score (nSPS) is 17.1. The van der Waals surface area contributed by atoms with E-state index in [9.17, 15) is 9.59 Å². The van der Waals surface area contributed by atoms with Gasteiger partial charge in [0.2, 0.25) is 11.8 Å². The molecule has 20 heavy (non-hydrogen) atoms. The maximum atomic E-state index is 12.1. The number of carbonyl (C=O) groups excluding carboxylic acids is 2. The van der Waals surface area contributed by atoms with Crippen LogP contribution in [0.4, 0.5) is 0 Å². The van der Waals surface area contributed by atoms with Gasteiger partial charge in [-0.25, -0.2) is 0 Å². The summed E-state index contributed by atoms with van der Waals surface area (Å²) in [6.07, 6.45) is 4.28. The number of nitrogens with two attached hydrogens (primary N) is 1. The fourth-order valence-electron chi connectivity index (χ4n) is 2.55. The van der Waals surface area contributed by atoms with E-state index in [2.05, 4.69) is 19.2 Å². The van der Waals surface area contributed by atoms with Crippen molar-refractivity contribution in [2.45, 2.75) is 58.9 Å². The maximum absolute atomic E-state index is 12.1. The Morgan fingerprint density at radius 1 is 1.25 bits per heavy atom. The van der Waals surface area contributed by atoms with Crippen LogP contribution in [0.25, 0.3) is 0 Å². The van der Waals surface area contributed by atoms with E-state index in [1.54, 1.807) is 6.92 Å². The lowest BCUT2D eigenvalue weighted by atomic mass is 9.84. The molecule has 0 aliphatic carbocycles. The number of amides is 2. The van der Waals surface area contributed by atoms with Crippen molar-refractivity contribution in [3.8, 4) is 0 Å². The summed E-state index contributed by atoms with van der Waals surface area (Å²) in [6.45, 7) is 8.28. The number of nitrogens with zero attached hydrogens (tertiary/aromatic N) is 1. The Bertz CT molecular complexity index is 336. The molecule has 1 unspecified atom stereocenters. The van der Waals surface area contributed by atoms with E-state index in [1.807, 2.05) is 4.90 Å². The zero-order chi connectivity index (χ0) is 15.2. The number of nitrogens with one attached hydrogen (secondary N) is 1. The molecular formula is C15H29N3O2. The van der Waals surface area contributed by atoms with E-state index < -0.39 is 6.04 Å². The highest BCUT2D eigenvalue weighted by Crippen LogP contribution is 2.25. The lowest BCUT2D eigenvalue weighted by Gasteiger charge is -2.24. The van der Waals surface area contributed by atoms with Crippen LogP contribution in [0.2, 0.25) is 0 Å². The average molecular weight is 283 g/mol. The smallest absolute Gasteiger partial charge is 0.244 e. The van der Waals surface area contributed by atoms with Crippen molar-refractivity contribution in [1.82, 2.24) is 10.2 Å². The van der Waals surface area contributed by atoms with Gasteiger partial charge in [0.25, 0.3) is 0 Å². The molecule has 1 heterocycles. The number of hydrogen-bond donors (Lipinski definition) is 2. The summed E-state index contributed by atoms with van der Waals surface area (Å²) >= 11 is 0. The molecule has 5 nitrogen and oxygen atoms in total. The molecule has 116 valence electrons. The molecule has 1 rings (SSSR count). The molecular weight excluding hydrogens is 254 g/mol. The van der Waals surface area contributed by atoms with Crippen molar-refractivity contribution in [2.24, 2.45) is 11.1 Å². The Hall–Kier alpha value is -1.10. The van der Waals surface area contributed by atoms with E-state index in [1.165, 1.54) is 0 Å². The third kappa shape index (κ3) is 5.49. The topological polar surface area (TPSA) is 75.4 Å². The minimum absolute atomic E-state index is 0.0390. The molecule has 2 amide bonds. The number of hydrogen-bond acceptors (Lipinski definition) is 3. The predicted octanol–water partition coefficient (Wildman–Crippen LogP) is 1.27. The average Bonchev–Trinajstić information content (AvgIpc) is 2.89. The highest BCUT2D eigenvalue weighted by Gasteiger charge is 2.25. The molecule has 1 aliphatic heterocycles. The summed E-state index contributed by atoms with van der Waals surface area (Å²) in [4.78, 5) is 25.8. The van der Waals surface area contributed by atoms with Gasteiger partial charge in [-0.2, -0.15) is 0 Å². The molecule has 0 saturated carbocycles.